The van der Waals surface area contributed by atoms with Crippen molar-refractivity contribution in [2.75, 3.05) is 18.1 Å². The molecular weight excluding hydrogens is 333 g/mol. The van der Waals surface area contributed by atoms with Gasteiger partial charge in [-0.15, -0.1) is 0 Å². The van der Waals surface area contributed by atoms with E-state index in [1.165, 1.54) is 19.9 Å². The Kier molecular flexibility index (Phi) is 4.79. The quantitative estimate of drug-likeness (QED) is 0.899. The lowest BCUT2D eigenvalue weighted by molar-refractivity contribution is -0.141. The predicted molar refractivity (Wildman–Crippen MR) is 79.1 cm³/mol. The zero-order valence-corrected chi connectivity index (χ0v) is 13.7. The minimum atomic E-state index is -4.36. The van der Waals surface area contributed by atoms with Gasteiger partial charge in [-0.1, -0.05) is 0 Å². The first kappa shape index (κ1) is 17.8. The largest absolute Gasteiger partial charge is 0.406 e. The van der Waals surface area contributed by atoms with E-state index in [2.05, 4.69) is 5.32 Å². The van der Waals surface area contributed by atoms with Crippen molar-refractivity contribution in [3.8, 4) is 0 Å². The maximum atomic E-state index is 12.6. The van der Waals surface area contributed by atoms with Crippen molar-refractivity contribution in [1.29, 1.82) is 0 Å². The number of hydrogen-bond acceptors (Lipinski definition) is 3. The fourth-order valence-electron chi connectivity index (χ4n) is 2.82. The lowest BCUT2D eigenvalue weighted by Gasteiger charge is -2.13. The van der Waals surface area contributed by atoms with E-state index < -0.39 is 28.5 Å². The first-order valence-corrected chi connectivity index (χ1v) is 9.03. The number of nitrogens with one attached hydrogen (secondary N) is 1. The van der Waals surface area contributed by atoms with Crippen molar-refractivity contribution in [2.24, 2.45) is 5.92 Å². The Bertz CT molecular complexity index is 708. The number of carbonyl (C=O) groups is 1. The third-order valence-corrected chi connectivity index (χ3v) is 5.87. The molecule has 1 fully saturated rings. The summed E-state index contributed by atoms with van der Waals surface area (Å²) in [6.45, 7) is 2.05. The molecule has 0 bridgehead atoms. The number of halogens is 3. The molecule has 0 spiro atoms. The molecule has 23 heavy (non-hydrogen) atoms. The Hall–Kier alpha value is -1.51. The molecule has 1 aliphatic heterocycles. The maximum Gasteiger partial charge on any atom is 0.406 e. The molecule has 9 heteroatoms. The second-order valence-electron chi connectivity index (χ2n) is 5.97. The number of hydrogen-bond donors (Lipinski definition) is 1. The minimum absolute atomic E-state index is 0.0420. The molecule has 0 saturated carbocycles. The van der Waals surface area contributed by atoms with E-state index in [1.807, 2.05) is 0 Å². The summed E-state index contributed by atoms with van der Waals surface area (Å²) in [5.74, 6) is -0.452. The maximum absolute atomic E-state index is 12.6. The van der Waals surface area contributed by atoms with Crippen LogP contribution in [0.5, 0.6) is 0 Å². The van der Waals surface area contributed by atoms with Crippen LogP contribution < -0.4 is 5.32 Å². The molecule has 1 amide bonds. The fourth-order valence-corrected chi connectivity index (χ4v) is 4.68. The van der Waals surface area contributed by atoms with Gasteiger partial charge in [-0.2, -0.15) is 13.2 Å². The number of alkyl halides is 3. The summed E-state index contributed by atoms with van der Waals surface area (Å²) in [6.07, 6.45) is -3.86. The van der Waals surface area contributed by atoms with Gasteiger partial charge in [-0.05, 0) is 32.3 Å². The van der Waals surface area contributed by atoms with Gasteiger partial charge in [-0.3, -0.25) is 4.79 Å². The first-order valence-electron chi connectivity index (χ1n) is 7.20. The average Bonchev–Trinajstić information content (AvgIpc) is 2.88. The summed E-state index contributed by atoms with van der Waals surface area (Å²) < 4.78 is 61.5. The molecule has 2 rings (SSSR count). The zero-order chi connectivity index (χ0) is 17.4. The SMILES string of the molecule is Cc1cc(C(=O)NCC2CCS(=O)(=O)C2)c(C)n1CC(F)(F)F. The number of sulfone groups is 1. The molecule has 1 N–H and O–H groups in total. The van der Waals surface area contributed by atoms with Crippen molar-refractivity contribution < 1.29 is 26.4 Å². The van der Waals surface area contributed by atoms with Crippen molar-refractivity contribution in [1.82, 2.24) is 9.88 Å². The summed E-state index contributed by atoms with van der Waals surface area (Å²) >= 11 is 0. The molecular formula is C14H19F3N2O3S. The van der Waals surface area contributed by atoms with Crippen molar-refractivity contribution in [2.45, 2.75) is 33.0 Å². The summed E-state index contributed by atoms with van der Waals surface area (Å²) in [5.41, 5.74) is 0.789. The molecule has 1 aromatic rings. The van der Waals surface area contributed by atoms with E-state index in [4.69, 9.17) is 0 Å². The summed E-state index contributed by atoms with van der Waals surface area (Å²) in [4.78, 5) is 12.2. The van der Waals surface area contributed by atoms with E-state index in [9.17, 15) is 26.4 Å². The average molecular weight is 352 g/mol. The Morgan fingerprint density at radius 1 is 1.39 bits per heavy atom. The highest BCUT2D eigenvalue weighted by atomic mass is 32.2. The number of rotatable bonds is 4. The van der Waals surface area contributed by atoms with Gasteiger partial charge in [0.25, 0.3) is 5.91 Å². The molecule has 1 atom stereocenters. The van der Waals surface area contributed by atoms with E-state index >= 15 is 0 Å². The van der Waals surface area contributed by atoms with Crippen LogP contribution in [0.3, 0.4) is 0 Å². The van der Waals surface area contributed by atoms with E-state index in [-0.39, 0.29) is 35.2 Å². The molecule has 2 heterocycles. The number of aryl methyl sites for hydroxylation is 1. The minimum Gasteiger partial charge on any atom is -0.352 e. The normalized spacial score (nSPS) is 20.7. The zero-order valence-electron chi connectivity index (χ0n) is 12.9. The van der Waals surface area contributed by atoms with Crippen LogP contribution in [0.1, 0.15) is 28.2 Å². The van der Waals surface area contributed by atoms with Crippen LogP contribution in [0.15, 0.2) is 6.07 Å². The van der Waals surface area contributed by atoms with Crippen LogP contribution in [0.2, 0.25) is 0 Å². The summed E-state index contributed by atoms with van der Waals surface area (Å²) in [5, 5.41) is 2.62. The van der Waals surface area contributed by atoms with Gasteiger partial charge in [-0.25, -0.2) is 8.42 Å². The van der Waals surface area contributed by atoms with Crippen LogP contribution in [0.4, 0.5) is 13.2 Å². The Labute approximate surface area is 132 Å². The summed E-state index contributed by atoms with van der Waals surface area (Å²) in [7, 11) is -3.02. The molecule has 0 aromatic carbocycles. The van der Waals surface area contributed by atoms with Gasteiger partial charge in [0, 0.05) is 17.9 Å². The number of amides is 1. The van der Waals surface area contributed by atoms with Crippen LogP contribution in [0, 0.1) is 19.8 Å². The number of carbonyl (C=O) groups excluding carboxylic acids is 1. The second-order valence-corrected chi connectivity index (χ2v) is 8.19. The molecule has 1 unspecified atom stereocenters. The van der Waals surface area contributed by atoms with E-state index in [1.54, 1.807) is 0 Å². The van der Waals surface area contributed by atoms with E-state index in [0.717, 1.165) is 4.57 Å². The van der Waals surface area contributed by atoms with Gasteiger partial charge in [0.05, 0.1) is 17.1 Å². The standard InChI is InChI=1S/C14H19F3N2O3S/c1-9-5-12(10(2)19(9)8-14(15,16)17)13(20)18-6-11-3-4-23(21,22)7-11/h5,11H,3-4,6-8H2,1-2H3,(H,18,20). The lowest BCUT2D eigenvalue weighted by atomic mass is 10.1. The van der Waals surface area contributed by atoms with Gasteiger partial charge < -0.3 is 9.88 Å². The van der Waals surface area contributed by atoms with Crippen LogP contribution in [-0.4, -0.2) is 43.1 Å². The molecule has 1 aromatic heterocycles. The third kappa shape index (κ3) is 4.49. The summed E-state index contributed by atoms with van der Waals surface area (Å²) in [6, 6.07) is 1.42. The Morgan fingerprint density at radius 3 is 2.57 bits per heavy atom. The highest BCUT2D eigenvalue weighted by Crippen LogP contribution is 2.23. The fraction of sp³-hybridized carbons (Fsp3) is 0.643. The number of nitrogens with zero attached hydrogens (tertiary/aromatic N) is 1. The first-order chi connectivity index (χ1) is 10.5. The Balaban J connectivity index is 2.04. The predicted octanol–water partition coefficient (Wildman–Crippen LogP) is 1.83. The molecule has 130 valence electrons. The number of aromatic nitrogens is 1. The monoisotopic (exact) mass is 352 g/mol. The van der Waals surface area contributed by atoms with Crippen LogP contribution >= 0.6 is 0 Å². The lowest BCUT2D eigenvalue weighted by Crippen LogP contribution is -2.30. The molecule has 5 nitrogen and oxygen atoms in total. The van der Waals surface area contributed by atoms with Gasteiger partial charge >= 0.3 is 6.18 Å². The van der Waals surface area contributed by atoms with Gasteiger partial charge in [0.15, 0.2) is 9.84 Å². The van der Waals surface area contributed by atoms with Crippen LogP contribution in [-0.2, 0) is 16.4 Å². The van der Waals surface area contributed by atoms with Crippen LogP contribution in [0.25, 0.3) is 0 Å². The van der Waals surface area contributed by atoms with E-state index in [0.29, 0.717) is 12.1 Å². The van der Waals surface area contributed by atoms with Crippen molar-refractivity contribution >= 4 is 15.7 Å². The van der Waals surface area contributed by atoms with Crippen molar-refractivity contribution in [3.05, 3.63) is 23.0 Å². The van der Waals surface area contributed by atoms with Gasteiger partial charge in [0.2, 0.25) is 0 Å². The smallest absolute Gasteiger partial charge is 0.352 e. The molecule has 0 aliphatic carbocycles. The highest BCUT2D eigenvalue weighted by molar-refractivity contribution is 7.91. The second kappa shape index (κ2) is 6.18. The molecule has 1 aliphatic rings. The Morgan fingerprint density at radius 2 is 2.04 bits per heavy atom. The van der Waals surface area contributed by atoms with Crippen molar-refractivity contribution in [3.63, 3.8) is 0 Å². The topological polar surface area (TPSA) is 68.2 Å². The molecule has 0 radical (unpaired) electrons. The molecule has 1 saturated heterocycles. The highest BCUT2D eigenvalue weighted by Gasteiger charge is 2.31. The van der Waals surface area contributed by atoms with Gasteiger partial charge in [0.1, 0.15) is 6.54 Å². The third-order valence-electron chi connectivity index (χ3n) is 4.03.